The molecule has 1 saturated carbocycles. The van der Waals surface area contributed by atoms with Crippen molar-refractivity contribution in [2.75, 3.05) is 31.1 Å². The van der Waals surface area contributed by atoms with Crippen molar-refractivity contribution in [3.05, 3.63) is 0 Å². The highest BCUT2D eigenvalue weighted by Gasteiger charge is 2.36. The van der Waals surface area contributed by atoms with E-state index in [9.17, 15) is 8.42 Å². The van der Waals surface area contributed by atoms with Crippen molar-refractivity contribution in [1.82, 2.24) is 10.6 Å². The molecule has 4 nitrogen and oxygen atoms in total. The molecule has 2 saturated heterocycles. The van der Waals surface area contributed by atoms with Gasteiger partial charge in [-0.15, -0.1) is 24.8 Å². The van der Waals surface area contributed by atoms with Crippen LogP contribution in [-0.4, -0.2) is 45.6 Å². The van der Waals surface area contributed by atoms with Crippen molar-refractivity contribution in [2.24, 2.45) is 11.3 Å². The average Bonchev–Trinajstić information content (AvgIpc) is 2.79. The Kier molecular flexibility index (Phi) is 7.94. The fourth-order valence-corrected chi connectivity index (χ4v) is 6.12. The third-order valence-corrected chi connectivity index (χ3v) is 7.57. The quantitative estimate of drug-likeness (QED) is 0.796. The van der Waals surface area contributed by atoms with E-state index in [2.05, 4.69) is 10.6 Å². The van der Waals surface area contributed by atoms with Gasteiger partial charge in [-0.3, -0.25) is 0 Å². The molecule has 3 fully saturated rings. The molecule has 22 heavy (non-hydrogen) atoms. The highest BCUT2D eigenvalue weighted by atomic mass is 35.5. The smallest absolute Gasteiger partial charge is 0.150 e. The van der Waals surface area contributed by atoms with Crippen molar-refractivity contribution < 1.29 is 8.42 Å². The van der Waals surface area contributed by atoms with E-state index in [1.165, 1.54) is 51.6 Å². The van der Waals surface area contributed by atoms with Crippen molar-refractivity contribution in [2.45, 2.75) is 51.0 Å². The van der Waals surface area contributed by atoms with Gasteiger partial charge < -0.3 is 10.6 Å². The van der Waals surface area contributed by atoms with Gasteiger partial charge in [-0.05, 0) is 75.9 Å². The number of rotatable bonds is 3. The lowest BCUT2D eigenvalue weighted by Crippen LogP contribution is -2.44. The SMILES string of the molecule is Cl.Cl.O=S1(=O)CCC(CNC2CCC3(CCNCC3)CC2)C1. The zero-order valence-corrected chi connectivity index (χ0v) is 15.6. The number of sulfone groups is 1. The fourth-order valence-electron chi connectivity index (χ4n) is 4.26. The normalized spacial score (nSPS) is 30.5. The number of nitrogens with one attached hydrogen (secondary N) is 2. The Balaban J connectivity index is 0.00000121. The minimum Gasteiger partial charge on any atom is -0.317 e. The summed E-state index contributed by atoms with van der Waals surface area (Å²) in [5.41, 5.74) is 0.625. The molecule has 0 amide bonds. The van der Waals surface area contributed by atoms with Gasteiger partial charge in [0.05, 0.1) is 11.5 Å². The second-order valence-electron chi connectivity index (χ2n) is 7.20. The molecule has 3 aliphatic rings. The summed E-state index contributed by atoms with van der Waals surface area (Å²) in [6.45, 7) is 3.29. The van der Waals surface area contributed by atoms with Gasteiger partial charge in [-0.1, -0.05) is 0 Å². The average molecular weight is 373 g/mol. The highest BCUT2D eigenvalue weighted by Crippen LogP contribution is 2.43. The number of hydrogen-bond donors (Lipinski definition) is 2. The first kappa shape index (κ1) is 20.5. The van der Waals surface area contributed by atoms with Gasteiger partial charge in [0.1, 0.15) is 0 Å². The van der Waals surface area contributed by atoms with Gasteiger partial charge in [-0.25, -0.2) is 8.42 Å². The summed E-state index contributed by atoms with van der Waals surface area (Å²) in [5, 5.41) is 7.11. The molecule has 1 atom stereocenters. The summed E-state index contributed by atoms with van der Waals surface area (Å²) in [4.78, 5) is 0. The zero-order valence-electron chi connectivity index (χ0n) is 13.2. The van der Waals surface area contributed by atoms with Gasteiger partial charge in [0.2, 0.25) is 0 Å². The standard InChI is InChI=1S/C15H28N2O2S.2ClH/c18-20(19)10-3-13(12-20)11-17-14-1-4-15(5-2-14)6-8-16-9-7-15;;/h13-14,16-17H,1-12H2;2*1H. The second-order valence-corrected chi connectivity index (χ2v) is 9.43. The fraction of sp³-hybridized carbons (Fsp3) is 1.00. The van der Waals surface area contributed by atoms with E-state index in [4.69, 9.17) is 0 Å². The molecule has 0 aromatic rings. The van der Waals surface area contributed by atoms with Crippen molar-refractivity contribution in [3.63, 3.8) is 0 Å². The predicted octanol–water partition coefficient (Wildman–Crippen LogP) is 2.17. The van der Waals surface area contributed by atoms with Crippen LogP contribution in [-0.2, 0) is 9.84 Å². The zero-order chi connectivity index (χ0) is 14.1. The van der Waals surface area contributed by atoms with E-state index in [0.29, 0.717) is 28.9 Å². The summed E-state index contributed by atoms with van der Waals surface area (Å²) in [7, 11) is -2.72. The molecular weight excluding hydrogens is 343 g/mol. The summed E-state index contributed by atoms with van der Waals surface area (Å²) in [5.74, 6) is 1.16. The van der Waals surface area contributed by atoms with Gasteiger partial charge in [-0.2, -0.15) is 0 Å². The van der Waals surface area contributed by atoms with Crippen LogP contribution < -0.4 is 10.6 Å². The third-order valence-electron chi connectivity index (χ3n) is 5.73. The molecular formula is C15H30Cl2N2O2S. The Morgan fingerprint density at radius 1 is 1.00 bits per heavy atom. The predicted molar refractivity (Wildman–Crippen MR) is 96.1 cm³/mol. The van der Waals surface area contributed by atoms with Gasteiger partial charge in [0.25, 0.3) is 0 Å². The Labute approximate surface area is 147 Å². The maximum absolute atomic E-state index is 11.5. The molecule has 1 unspecified atom stereocenters. The molecule has 0 radical (unpaired) electrons. The number of halogens is 2. The van der Waals surface area contributed by atoms with Gasteiger partial charge in [0.15, 0.2) is 9.84 Å². The maximum Gasteiger partial charge on any atom is 0.150 e. The van der Waals surface area contributed by atoms with Crippen LogP contribution in [0.4, 0.5) is 0 Å². The van der Waals surface area contributed by atoms with Crippen molar-refractivity contribution in [3.8, 4) is 0 Å². The highest BCUT2D eigenvalue weighted by molar-refractivity contribution is 7.91. The van der Waals surface area contributed by atoms with Crippen LogP contribution in [0.2, 0.25) is 0 Å². The molecule has 0 bridgehead atoms. The first-order chi connectivity index (χ1) is 9.57. The second kappa shape index (κ2) is 8.52. The molecule has 7 heteroatoms. The van der Waals surface area contributed by atoms with Crippen molar-refractivity contribution >= 4 is 34.7 Å². The van der Waals surface area contributed by atoms with E-state index in [1.807, 2.05) is 0 Å². The summed E-state index contributed by atoms with van der Waals surface area (Å²) in [6.07, 6.45) is 8.82. The van der Waals surface area contributed by atoms with Crippen LogP contribution in [0.25, 0.3) is 0 Å². The molecule has 2 N–H and O–H groups in total. The molecule has 2 heterocycles. The van der Waals surface area contributed by atoms with Gasteiger partial charge in [0, 0.05) is 6.04 Å². The van der Waals surface area contributed by atoms with Crippen LogP contribution in [0, 0.1) is 11.3 Å². The molecule has 1 aliphatic carbocycles. The molecule has 0 aromatic heterocycles. The lowest BCUT2D eigenvalue weighted by molar-refractivity contribution is 0.115. The Hall–Kier alpha value is 0.450. The Morgan fingerprint density at radius 3 is 2.18 bits per heavy atom. The van der Waals surface area contributed by atoms with E-state index < -0.39 is 9.84 Å². The summed E-state index contributed by atoms with van der Waals surface area (Å²) < 4.78 is 22.9. The molecule has 132 valence electrons. The van der Waals surface area contributed by atoms with Crippen LogP contribution in [0.5, 0.6) is 0 Å². The number of hydrogen-bond acceptors (Lipinski definition) is 4. The van der Waals surface area contributed by atoms with Crippen LogP contribution in [0.1, 0.15) is 44.9 Å². The topological polar surface area (TPSA) is 58.2 Å². The van der Waals surface area contributed by atoms with E-state index in [0.717, 1.165) is 13.0 Å². The molecule has 0 aromatic carbocycles. The minimum atomic E-state index is -2.72. The Bertz CT molecular complexity index is 429. The van der Waals surface area contributed by atoms with E-state index in [-0.39, 0.29) is 24.8 Å². The molecule has 2 aliphatic heterocycles. The first-order valence-corrected chi connectivity index (χ1v) is 10.0. The summed E-state index contributed by atoms with van der Waals surface area (Å²) >= 11 is 0. The third kappa shape index (κ3) is 5.23. The van der Waals surface area contributed by atoms with Gasteiger partial charge >= 0.3 is 0 Å². The van der Waals surface area contributed by atoms with E-state index >= 15 is 0 Å². The van der Waals surface area contributed by atoms with Crippen LogP contribution in [0.15, 0.2) is 0 Å². The van der Waals surface area contributed by atoms with Crippen LogP contribution >= 0.6 is 24.8 Å². The van der Waals surface area contributed by atoms with Crippen molar-refractivity contribution in [1.29, 1.82) is 0 Å². The maximum atomic E-state index is 11.5. The lowest BCUT2D eigenvalue weighted by atomic mass is 9.67. The largest absolute Gasteiger partial charge is 0.317 e. The Morgan fingerprint density at radius 2 is 1.64 bits per heavy atom. The molecule has 3 rings (SSSR count). The first-order valence-electron chi connectivity index (χ1n) is 8.22. The monoisotopic (exact) mass is 372 g/mol. The molecule has 1 spiro atoms. The van der Waals surface area contributed by atoms with Crippen LogP contribution in [0.3, 0.4) is 0 Å². The summed E-state index contributed by atoms with van der Waals surface area (Å²) in [6, 6.07) is 0.624. The minimum absolute atomic E-state index is 0. The lowest BCUT2D eigenvalue weighted by Gasteiger charge is -2.43. The number of piperidine rings is 1. The van der Waals surface area contributed by atoms with E-state index in [1.54, 1.807) is 0 Å².